The van der Waals surface area contributed by atoms with Gasteiger partial charge in [-0.05, 0) is 31.0 Å². The molecule has 2 rings (SSSR count). The van der Waals surface area contributed by atoms with Crippen molar-refractivity contribution < 1.29 is 18.3 Å². The minimum atomic E-state index is -3.61. The highest BCUT2D eigenvalue weighted by molar-refractivity contribution is 7.89. The van der Waals surface area contributed by atoms with Crippen LogP contribution in [-0.2, 0) is 21.3 Å². The third kappa shape index (κ3) is 3.44. The maximum atomic E-state index is 12.8. The van der Waals surface area contributed by atoms with Crippen LogP contribution in [0.25, 0.3) is 0 Å². The Balaban J connectivity index is 2.37. The molecule has 1 aliphatic heterocycles. The van der Waals surface area contributed by atoms with Crippen molar-refractivity contribution >= 4 is 10.0 Å². The van der Waals surface area contributed by atoms with Crippen LogP contribution in [0.1, 0.15) is 18.1 Å². The van der Waals surface area contributed by atoms with Gasteiger partial charge in [0.2, 0.25) is 10.0 Å². The summed E-state index contributed by atoms with van der Waals surface area (Å²) in [6.45, 7) is 4.11. The molecular weight excluding hydrogens is 292 g/mol. The van der Waals surface area contributed by atoms with Crippen LogP contribution in [0.5, 0.6) is 0 Å². The lowest BCUT2D eigenvalue weighted by molar-refractivity contribution is -0.0750. The molecule has 1 heterocycles. The van der Waals surface area contributed by atoms with Crippen LogP contribution in [0.3, 0.4) is 0 Å². The average Bonchev–Trinajstić information content (AvgIpc) is 2.46. The van der Waals surface area contributed by atoms with Gasteiger partial charge in [-0.2, -0.15) is 4.31 Å². The number of aliphatic hydroxyl groups is 1. The van der Waals surface area contributed by atoms with Gasteiger partial charge in [0.15, 0.2) is 0 Å². The molecule has 1 fully saturated rings. The standard InChI is InChI=1S/C14H22N2O4S/c1-10-3-4-12(6-15)5-14(10)21(18,19)16-7-11(2)20-13(8-16)9-17/h3-5,11,13,17H,6-9,15H2,1-2H3. The molecule has 1 saturated heterocycles. The van der Waals surface area contributed by atoms with E-state index in [-0.39, 0.29) is 30.7 Å². The van der Waals surface area contributed by atoms with Crippen molar-refractivity contribution in [3.8, 4) is 0 Å². The molecule has 1 aromatic carbocycles. The van der Waals surface area contributed by atoms with Gasteiger partial charge in [0.05, 0.1) is 23.7 Å². The Morgan fingerprint density at radius 1 is 1.43 bits per heavy atom. The molecule has 21 heavy (non-hydrogen) atoms. The molecular formula is C14H22N2O4S. The maximum Gasteiger partial charge on any atom is 0.243 e. The van der Waals surface area contributed by atoms with E-state index in [1.54, 1.807) is 26.0 Å². The lowest BCUT2D eigenvalue weighted by Crippen LogP contribution is -2.50. The summed E-state index contributed by atoms with van der Waals surface area (Å²) >= 11 is 0. The van der Waals surface area contributed by atoms with Crippen molar-refractivity contribution in [3.05, 3.63) is 29.3 Å². The van der Waals surface area contributed by atoms with E-state index >= 15 is 0 Å². The molecule has 0 radical (unpaired) electrons. The highest BCUT2D eigenvalue weighted by Gasteiger charge is 2.34. The van der Waals surface area contributed by atoms with Crippen molar-refractivity contribution in [3.63, 3.8) is 0 Å². The molecule has 0 saturated carbocycles. The number of nitrogens with zero attached hydrogens (tertiary/aromatic N) is 1. The summed E-state index contributed by atoms with van der Waals surface area (Å²) in [4.78, 5) is 0.274. The number of sulfonamides is 1. The fraction of sp³-hybridized carbons (Fsp3) is 0.571. The van der Waals surface area contributed by atoms with E-state index in [1.165, 1.54) is 4.31 Å². The Labute approximate surface area is 125 Å². The summed E-state index contributed by atoms with van der Waals surface area (Å²) < 4.78 is 32.5. The number of hydrogen-bond donors (Lipinski definition) is 2. The second-order valence-electron chi connectivity index (χ2n) is 5.38. The van der Waals surface area contributed by atoms with Crippen molar-refractivity contribution in [2.75, 3.05) is 19.7 Å². The average molecular weight is 314 g/mol. The Hall–Kier alpha value is -0.990. The van der Waals surface area contributed by atoms with Crippen LogP contribution in [0, 0.1) is 6.92 Å². The van der Waals surface area contributed by atoms with Gasteiger partial charge in [0, 0.05) is 19.6 Å². The van der Waals surface area contributed by atoms with E-state index in [0.717, 1.165) is 5.56 Å². The van der Waals surface area contributed by atoms with E-state index in [9.17, 15) is 13.5 Å². The van der Waals surface area contributed by atoms with Crippen LogP contribution in [0.15, 0.2) is 23.1 Å². The summed E-state index contributed by atoms with van der Waals surface area (Å²) in [5, 5.41) is 9.24. The van der Waals surface area contributed by atoms with Crippen LogP contribution in [-0.4, -0.2) is 49.7 Å². The molecule has 2 unspecified atom stereocenters. The first-order chi connectivity index (χ1) is 9.88. The van der Waals surface area contributed by atoms with E-state index in [1.807, 2.05) is 6.07 Å². The first-order valence-corrected chi connectivity index (χ1v) is 8.38. The van der Waals surface area contributed by atoms with Gasteiger partial charge in [-0.3, -0.25) is 0 Å². The second kappa shape index (κ2) is 6.41. The minimum Gasteiger partial charge on any atom is -0.394 e. The molecule has 0 bridgehead atoms. The van der Waals surface area contributed by atoms with E-state index in [0.29, 0.717) is 12.1 Å². The van der Waals surface area contributed by atoms with Crippen molar-refractivity contribution in [1.29, 1.82) is 0 Å². The van der Waals surface area contributed by atoms with Gasteiger partial charge in [-0.1, -0.05) is 12.1 Å². The molecule has 0 amide bonds. The molecule has 0 aliphatic carbocycles. The first-order valence-electron chi connectivity index (χ1n) is 6.94. The summed E-state index contributed by atoms with van der Waals surface area (Å²) in [6, 6.07) is 5.22. The van der Waals surface area contributed by atoms with E-state index in [4.69, 9.17) is 10.5 Å². The largest absolute Gasteiger partial charge is 0.394 e. The van der Waals surface area contributed by atoms with Gasteiger partial charge in [-0.25, -0.2) is 8.42 Å². The molecule has 2 atom stereocenters. The molecule has 1 aliphatic rings. The molecule has 0 spiro atoms. The highest BCUT2D eigenvalue weighted by atomic mass is 32.2. The number of hydrogen-bond acceptors (Lipinski definition) is 5. The van der Waals surface area contributed by atoms with Gasteiger partial charge in [0.25, 0.3) is 0 Å². The predicted molar refractivity (Wildman–Crippen MR) is 79.3 cm³/mol. The Kier molecular flexibility index (Phi) is 5.00. The summed E-state index contributed by atoms with van der Waals surface area (Å²) in [5.74, 6) is 0. The molecule has 0 aromatic heterocycles. The van der Waals surface area contributed by atoms with E-state index in [2.05, 4.69) is 0 Å². The Morgan fingerprint density at radius 2 is 2.14 bits per heavy atom. The van der Waals surface area contributed by atoms with Gasteiger partial charge < -0.3 is 15.6 Å². The van der Waals surface area contributed by atoms with E-state index < -0.39 is 16.1 Å². The second-order valence-corrected chi connectivity index (χ2v) is 7.28. The monoisotopic (exact) mass is 314 g/mol. The third-order valence-corrected chi connectivity index (χ3v) is 5.58. The molecule has 3 N–H and O–H groups in total. The lowest BCUT2D eigenvalue weighted by atomic mass is 10.1. The predicted octanol–water partition coefficient (Wildman–Crippen LogP) is 0.224. The number of aryl methyl sites for hydroxylation is 1. The quantitative estimate of drug-likeness (QED) is 0.829. The SMILES string of the molecule is Cc1ccc(CN)cc1S(=O)(=O)N1CC(C)OC(CO)C1. The third-order valence-electron chi connectivity index (χ3n) is 3.60. The number of nitrogens with two attached hydrogens (primary N) is 1. The zero-order chi connectivity index (χ0) is 15.6. The fourth-order valence-electron chi connectivity index (χ4n) is 2.49. The maximum absolute atomic E-state index is 12.8. The summed E-state index contributed by atoms with van der Waals surface area (Å²) in [5.41, 5.74) is 7.06. The van der Waals surface area contributed by atoms with Gasteiger partial charge in [-0.15, -0.1) is 0 Å². The number of aliphatic hydroxyl groups excluding tert-OH is 1. The number of ether oxygens (including phenoxy) is 1. The minimum absolute atomic E-state index is 0.162. The number of morpholine rings is 1. The zero-order valence-corrected chi connectivity index (χ0v) is 13.1. The van der Waals surface area contributed by atoms with Crippen LogP contribution >= 0.6 is 0 Å². The molecule has 118 valence electrons. The van der Waals surface area contributed by atoms with Gasteiger partial charge >= 0.3 is 0 Å². The normalized spacial score (nSPS) is 24.2. The van der Waals surface area contributed by atoms with Crippen LogP contribution in [0.4, 0.5) is 0 Å². The highest BCUT2D eigenvalue weighted by Crippen LogP contribution is 2.24. The zero-order valence-electron chi connectivity index (χ0n) is 12.3. The summed E-state index contributed by atoms with van der Waals surface area (Å²) in [7, 11) is -3.61. The van der Waals surface area contributed by atoms with Crippen LogP contribution < -0.4 is 5.73 Å². The summed E-state index contributed by atoms with van der Waals surface area (Å²) in [6.07, 6.45) is -0.731. The fourth-order valence-corrected chi connectivity index (χ4v) is 4.31. The topological polar surface area (TPSA) is 92.9 Å². The Bertz CT molecular complexity index is 603. The number of rotatable bonds is 4. The molecule has 1 aromatic rings. The smallest absolute Gasteiger partial charge is 0.243 e. The van der Waals surface area contributed by atoms with Crippen LogP contribution in [0.2, 0.25) is 0 Å². The molecule has 6 nitrogen and oxygen atoms in total. The lowest BCUT2D eigenvalue weighted by Gasteiger charge is -2.35. The Morgan fingerprint density at radius 3 is 2.76 bits per heavy atom. The van der Waals surface area contributed by atoms with Crippen molar-refractivity contribution in [1.82, 2.24) is 4.31 Å². The number of benzene rings is 1. The first kappa shape index (κ1) is 16.4. The van der Waals surface area contributed by atoms with Crippen molar-refractivity contribution in [2.24, 2.45) is 5.73 Å². The van der Waals surface area contributed by atoms with Crippen molar-refractivity contribution in [2.45, 2.75) is 37.5 Å². The van der Waals surface area contributed by atoms with Gasteiger partial charge in [0.1, 0.15) is 0 Å². The molecule has 7 heteroatoms.